The Hall–Kier alpha value is -2.15. The van der Waals surface area contributed by atoms with Crippen LogP contribution < -0.4 is 5.32 Å². The fourth-order valence-corrected chi connectivity index (χ4v) is 1.92. The van der Waals surface area contributed by atoms with E-state index in [2.05, 4.69) is 5.32 Å². The molecule has 1 fully saturated rings. The van der Waals surface area contributed by atoms with Gasteiger partial charge in [0.1, 0.15) is 5.69 Å². The Balaban J connectivity index is 2.15. The molecule has 2 N–H and O–H groups in total. The summed E-state index contributed by atoms with van der Waals surface area (Å²) in [6.45, 7) is 0. The van der Waals surface area contributed by atoms with E-state index in [1.165, 1.54) is 18.2 Å². The van der Waals surface area contributed by atoms with E-state index in [0.29, 0.717) is 0 Å². The van der Waals surface area contributed by atoms with Crippen molar-refractivity contribution in [1.82, 2.24) is 0 Å². The van der Waals surface area contributed by atoms with Crippen molar-refractivity contribution in [2.45, 2.75) is 6.42 Å². The van der Waals surface area contributed by atoms with E-state index >= 15 is 0 Å². The van der Waals surface area contributed by atoms with E-state index < -0.39 is 28.6 Å². The van der Waals surface area contributed by atoms with Crippen molar-refractivity contribution in [3.63, 3.8) is 0 Å². The standard InChI is InChI=1S/C11H9ClN2O5/c12-5-1-2-9(14(18)19)8(3-5)13-10(15)6-4-7(6)11(16)17/h1-3,6-7H,4H2,(H,13,15)(H,16,17)/t6-,7+/m1/s1. The fourth-order valence-electron chi connectivity index (χ4n) is 1.75. The van der Waals surface area contributed by atoms with Gasteiger partial charge in [-0.15, -0.1) is 0 Å². The first-order chi connectivity index (χ1) is 8.90. The van der Waals surface area contributed by atoms with Crippen LogP contribution in [-0.2, 0) is 9.59 Å². The van der Waals surface area contributed by atoms with Crippen molar-refractivity contribution in [2.75, 3.05) is 5.32 Å². The molecule has 2 rings (SSSR count). The molecule has 7 nitrogen and oxygen atoms in total. The van der Waals surface area contributed by atoms with Crippen LogP contribution in [0.4, 0.5) is 11.4 Å². The number of amides is 1. The summed E-state index contributed by atoms with van der Waals surface area (Å²) < 4.78 is 0. The third-order valence-electron chi connectivity index (χ3n) is 2.86. The van der Waals surface area contributed by atoms with Crippen LogP contribution in [0.5, 0.6) is 0 Å². The molecule has 0 aliphatic heterocycles. The predicted molar refractivity (Wildman–Crippen MR) is 66.0 cm³/mol. The molecule has 1 aliphatic rings. The van der Waals surface area contributed by atoms with Gasteiger partial charge in [-0.1, -0.05) is 11.6 Å². The van der Waals surface area contributed by atoms with Gasteiger partial charge in [-0.05, 0) is 18.6 Å². The summed E-state index contributed by atoms with van der Waals surface area (Å²) in [7, 11) is 0. The first-order valence-electron chi connectivity index (χ1n) is 5.37. The molecule has 1 aliphatic carbocycles. The highest BCUT2D eigenvalue weighted by Crippen LogP contribution is 2.40. The lowest BCUT2D eigenvalue weighted by molar-refractivity contribution is -0.383. The number of hydrogen-bond donors (Lipinski definition) is 2. The Bertz CT molecular complexity index is 574. The van der Waals surface area contributed by atoms with Gasteiger partial charge >= 0.3 is 5.97 Å². The van der Waals surface area contributed by atoms with Crippen molar-refractivity contribution in [2.24, 2.45) is 11.8 Å². The van der Waals surface area contributed by atoms with Crippen molar-refractivity contribution >= 4 is 34.9 Å². The smallest absolute Gasteiger partial charge is 0.307 e. The summed E-state index contributed by atoms with van der Waals surface area (Å²) in [5.74, 6) is -2.94. The van der Waals surface area contributed by atoms with Crippen molar-refractivity contribution in [3.8, 4) is 0 Å². The van der Waals surface area contributed by atoms with E-state index in [9.17, 15) is 19.7 Å². The van der Waals surface area contributed by atoms with E-state index in [1.807, 2.05) is 0 Å². The molecule has 2 atom stereocenters. The molecule has 0 aromatic heterocycles. The number of hydrogen-bond acceptors (Lipinski definition) is 4. The van der Waals surface area contributed by atoms with Gasteiger partial charge < -0.3 is 10.4 Å². The topological polar surface area (TPSA) is 110 Å². The molecular formula is C11H9ClN2O5. The normalized spacial score (nSPS) is 20.7. The maximum atomic E-state index is 11.7. The Labute approximate surface area is 112 Å². The van der Waals surface area contributed by atoms with E-state index in [0.717, 1.165) is 0 Å². The number of benzene rings is 1. The van der Waals surface area contributed by atoms with Crippen molar-refractivity contribution in [1.29, 1.82) is 0 Å². The molecule has 1 aromatic carbocycles. The number of carbonyl (C=O) groups excluding carboxylic acids is 1. The molecule has 100 valence electrons. The lowest BCUT2D eigenvalue weighted by Gasteiger charge is -2.05. The van der Waals surface area contributed by atoms with Gasteiger partial charge in [-0.3, -0.25) is 19.7 Å². The number of anilines is 1. The van der Waals surface area contributed by atoms with Crippen LogP contribution in [0.1, 0.15) is 6.42 Å². The molecule has 19 heavy (non-hydrogen) atoms. The van der Waals surface area contributed by atoms with Gasteiger partial charge in [0.25, 0.3) is 5.69 Å². The second-order valence-electron chi connectivity index (χ2n) is 4.19. The van der Waals surface area contributed by atoms with Crippen molar-refractivity contribution < 1.29 is 19.6 Å². The lowest BCUT2D eigenvalue weighted by atomic mass is 10.2. The number of aliphatic carboxylic acids is 1. The quantitative estimate of drug-likeness (QED) is 0.648. The van der Waals surface area contributed by atoms with Crippen LogP contribution in [0.3, 0.4) is 0 Å². The third kappa shape index (κ3) is 2.82. The molecule has 0 bridgehead atoms. The number of rotatable bonds is 4. The fraction of sp³-hybridized carbons (Fsp3) is 0.273. The monoisotopic (exact) mass is 284 g/mol. The van der Waals surface area contributed by atoms with Gasteiger partial charge in [0.15, 0.2) is 0 Å². The highest BCUT2D eigenvalue weighted by atomic mass is 35.5. The lowest BCUT2D eigenvalue weighted by Crippen LogP contribution is -2.17. The number of nitro groups is 1. The largest absolute Gasteiger partial charge is 0.481 e. The van der Waals surface area contributed by atoms with Gasteiger partial charge in [0.05, 0.1) is 16.8 Å². The van der Waals surface area contributed by atoms with Gasteiger partial charge in [0, 0.05) is 11.1 Å². The number of halogens is 1. The van der Waals surface area contributed by atoms with Crippen molar-refractivity contribution in [3.05, 3.63) is 33.3 Å². The Kier molecular flexibility index (Phi) is 3.39. The molecule has 0 spiro atoms. The molecule has 8 heteroatoms. The maximum absolute atomic E-state index is 11.7. The Morgan fingerprint density at radius 1 is 1.42 bits per heavy atom. The summed E-state index contributed by atoms with van der Waals surface area (Å²) in [5, 5.41) is 22.1. The molecule has 1 saturated carbocycles. The highest BCUT2D eigenvalue weighted by molar-refractivity contribution is 6.31. The van der Waals surface area contributed by atoms with E-state index in [-0.39, 0.29) is 22.8 Å². The molecule has 1 aromatic rings. The summed E-state index contributed by atoms with van der Waals surface area (Å²) in [6, 6.07) is 3.78. The number of carboxylic acid groups (broad SMARTS) is 1. The minimum atomic E-state index is -1.04. The Morgan fingerprint density at radius 2 is 2.11 bits per heavy atom. The molecular weight excluding hydrogens is 276 g/mol. The second-order valence-corrected chi connectivity index (χ2v) is 4.63. The maximum Gasteiger partial charge on any atom is 0.307 e. The number of carboxylic acids is 1. The molecule has 0 unspecified atom stereocenters. The summed E-state index contributed by atoms with van der Waals surface area (Å²) in [4.78, 5) is 32.5. The van der Waals surface area contributed by atoms with Gasteiger partial charge in [-0.25, -0.2) is 0 Å². The first kappa shape index (κ1) is 13.3. The van der Waals surface area contributed by atoms with Crippen LogP contribution in [-0.4, -0.2) is 21.9 Å². The highest BCUT2D eigenvalue weighted by Gasteiger charge is 2.48. The number of carbonyl (C=O) groups is 2. The number of nitrogens with one attached hydrogen (secondary N) is 1. The zero-order chi connectivity index (χ0) is 14.2. The minimum absolute atomic E-state index is 0.0291. The minimum Gasteiger partial charge on any atom is -0.481 e. The predicted octanol–water partition coefficient (Wildman–Crippen LogP) is 1.91. The summed E-state index contributed by atoms with van der Waals surface area (Å²) in [6.07, 6.45) is 0.246. The van der Waals surface area contributed by atoms with Gasteiger partial charge in [-0.2, -0.15) is 0 Å². The van der Waals surface area contributed by atoms with E-state index in [1.54, 1.807) is 0 Å². The van der Waals surface area contributed by atoms with Crippen LogP contribution >= 0.6 is 11.6 Å². The molecule has 0 saturated heterocycles. The number of nitrogens with zero attached hydrogens (tertiary/aromatic N) is 1. The SMILES string of the molecule is O=C(O)[C@H]1C[C@H]1C(=O)Nc1cc(Cl)ccc1[N+](=O)[O-]. The third-order valence-corrected chi connectivity index (χ3v) is 3.09. The van der Waals surface area contributed by atoms with Crippen LogP contribution in [0.25, 0.3) is 0 Å². The summed E-state index contributed by atoms with van der Waals surface area (Å²) in [5.41, 5.74) is -0.316. The molecule has 0 radical (unpaired) electrons. The Morgan fingerprint density at radius 3 is 2.63 bits per heavy atom. The second kappa shape index (κ2) is 4.85. The zero-order valence-electron chi connectivity index (χ0n) is 9.50. The van der Waals surface area contributed by atoms with E-state index in [4.69, 9.17) is 16.7 Å². The van der Waals surface area contributed by atoms with Crippen LogP contribution in [0.2, 0.25) is 5.02 Å². The van der Waals surface area contributed by atoms with Gasteiger partial charge in [0.2, 0.25) is 5.91 Å². The average Bonchev–Trinajstić information content (AvgIpc) is 3.08. The molecule has 1 amide bonds. The average molecular weight is 285 g/mol. The van der Waals surface area contributed by atoms with Crippen LogP contribution in [0, 0.1) is 22.0 Å². The molecule has 0 heterocycles. The number of nitro benzene ring substituents is 1. The summed E-state index contributed by atoms with van der Waals surface area (Å²) >= 11 is 5.71. The van der Waals surface area contributed by atoms with Crippen LogP contribution in [0.15, 0.2) is 18.2 Å². The zero-order valence-corrected chi connectivity index (χ0v) is 10.3. The first-order valence-corrected chi connectivity index (χ1v) is 5.75.